The van der Waals surface area contributed by atoms with E-state index in [0.717, 1.165) is 12.8 Å². The van der Waals surface area contributed by atoms with E-state index in [-0.39, 0.29) is 6.10 Å². The van der Waals surface area contributed by atoms with Crippen LogP contribution < -0.4 is 0 Å². The number of rotatable bonds is 5. The van der Waals surface area contributed by atoms with Crippen molar-refractivity contribution in [1.82, 2.24) is 0 Å². The lowest BCUT2D eigenvalue weighted by Crippen LogP contribution is -2.25. The average Bonchev–Trinajstić information content (AvgIpc) is 1.98. The van der Waals surface area contributed by atoms with Crippen LogP contribution >= 0.6 is 0 Å². The molecule has 3 nitrogen and oxygen atoms in total. The van der Waals surface area contributed by atoms with Gasteiger partial charge in [0.05, 0.1) is 6.10 Å². The summed E-state index contributed by atoms with van der Waals surface area (Å²) < 4.78 is 4.82. The van der Waals surface area contributed by atoms with E-state index >= 15 is 0 Å². The fourth-order valence-corrected chi connectivity index (χ4v) is 0.826. The molecule has 0 aromatic carbocycles. The minimum atomic E-state index is -0.938. The van der Waals surface area contributed by atoms with Gasteiger partial charge in [0, 0.05) is 0 Å². The second-order valence-corrected chi connectivity index (χ2v) is 3.14. The number of hydrogen-bond acceptors (Lipinski definition) is 3. The first-order chi connectivity index (χ1) is 5.57. The van der Waals surface area contributed by atoms with E-state index in [1.807, 2.05) is 6.92 Å². The highest BCUT2D eigenvalue weighted by Gasteiger charge is 2.16. The summed E-state index contributed by atoms with van der Waals surface area (Å²) in [5.41, 5.74) is 0. The van der Waals surface area contributed by atoms with Gasteiger partial charge >= 0.3 is 5.97 Å². The van der Waals surface area contributed by atoms with Crippen LogP contribution in [0, 0.1) is 0 Å². The first-order valence-corrected chi connectivity index (χ1v) is 4.46. The van der Waals surface area contributed by atoms with Crippen molar-refractivity contribution in [3.63, 3.8) is 0 Å². The van der Waals surface area contributed by atoms with Crippen LogP contribution in [-0.4, -0.2) is 23.3 Å². The number of hydrogen-bond donors (Lipinski definition) is 1. The van der Waals surface area contributed by atoms with E-state index in [0.29, 0.717) is 6.42 Å². The SMILES string of the molecule is CCCCC(O)C(=O)OC(C)C. The largest absolute Gasteiger partial charge is 0.461 e. The molecule has 0 saturated heterocycles. The summed E-state index contributed by atoms with van der Waals surface area (Å²) in [5, 5.41) is 9.22. The van der Waals surface area contributed by atoms with Gasteiger partial charge in [0.2, 0.25) is 0 Å². The van der Waals surface area contributed by atoms with Crippen LogP contribution in [0.1, 0.15) is 40.0 Å². The summed E-state index contributed by atoms with van der Waals surface area (Å²) in [6.45, 7) is 5.55. The number of aliphatic hydroxyl groups is 1. The molecule has 0 radical (unpaired) electrons. The molecule has 0 aliphatic heterocycles. The topological polar surface area (TPSA) is 46.5 Å². The van der Waals surface area contributed by atoms with Crippen molar-refractivity contribution in [2.75, 3.05) is 0 Å². The minimum Gasteiger partial charge on any atom is -0.461 e. The molecule has 1 N–H and O–H groups in total. The molecule has 0 heterocycles. The molecular formula is C9H18O3. The third-order valence-corrected chi connectivity index (χ3v) is 1.46. The first-order valence-electron chi connectivity index (χ1n) is 4.46. The molecule has 0 aliphatic rings. The number of aliphatic hydroxyl groups excluding tert-OH is 1. The molecule has 0 saturated carbocycles. The second-order valence-electron chi connectivity index (χ2n) is 3.14. The van der Waals surface area contributed by atoms with Gasteiger partial charge in [-0.1, -0.05) is 19.8 Å². The Morgan fingerprint density at radius 2 is 2.08 bits per heavy atom. The Hall–Kier alpha value is -0.570. The maximum Gasteiger partial charge on any atom is 0.335 e. The molecule has 0 amide bonds. The zero-order valence-corrected chi connectivity index (χ0v) is 8.04. The summed E-state index contributed by atoms with van der Waals surface area (Å²) in [4.78, 5) is 11.0. The summed E-state index contributed by atoms with van der Waals surface area (Å²) in [5.74, 6) is -0.501. The summed E-state index contributed by atoms with van der Waals surface area (Å²) in [7, 11) is 0. The van der Waals surface area contributed by atoms with E-state index < -0.39 is 12.1 Å². The van der Waals surface area contributed by atoms with Crippen molar-refractivity contribution in [3.8, 4) is 0 Å². The van der Waals surface area contributed by atoms with Crippen LogP contribution in [0.25, 0.3) is 0 Å². The first kappa shape index (κ1) is 11.4. The van der Waals surface area contributed by atoms with Gasteiger partial charge in [-0.15, -0.1) is 0 Å². The van der Waals surface area contributed by atoms with Crippen molar-refractivity contribution in [1.29, 1.82) is 0 Å². The average molecular weight is 174 g/mol. The molecule has 72 valence electrons. The standard InChI is InChI=1S/C9H18O3/c1-4-5-6-8(10)9(11)12-7(2)3/h7-8,10H,4-6H2,1-3H3. The second kappa shape index (κ2) is 6.00. The predicted molar refractivity (Wildman–Crippen MR) is 46.8 cm³/mol. The predicted octanol–water partition coefficient (Wildman–Crippen LogP) is 1.49. The van der Waals surface area contributed by atoms with Crippen molar-refractivity contribution in [2.24, 2.45) is 0 Å². The maximum atomic E-state index is 11.0. The Kier molecular flexibility index (Phi) is 5.72. The van der Waals surface area contributed by atoms with E-state index in [2.05, 4.69) is 0 Å². The van der Waals surface area contributed by atoms with Crippen LogP contribution in [-0.2, 0) is 9.53 Å². The van der Waals surface area contributed by atoms with E-state index in [1.54, 1.807) is 13.8 Å². The molecule has 0 aromatic heterocycles. The number of esters is 1. The van der Waals surface area contributed by atoms with Crippen LogP contribution in [0.4, 0.5) is 0 Å². The number of ether oxygens (including phenoxy) is 1. The van der Waals surface area contributed by atoms with Crippen molar-refractivity contribution in [2.45, 2.75) is 52.2 Å². The third-order valence-electron chi connectivity index (χ3n) is 1.46. The van der Waals surface area contributed by atoms with Crippen LogP contribution in [0.2, 0.25) is 0 Å². The highest BCUT2D eigenvalue weighted by molar-refractivity contribution is 5.74. The van der Waals surface area contributed by atoms with Crippen molar-refractivity contribution >= 4 is 5.97 Å². The Balaban J connectivity index is 3.61. The van der Waals surface area contributed by atoms with Crippen molar-refractivity contribution in [3.05, 3.63) is 0 Å². The van der Waals surface area contributed by atoms with Gasteiger partial charge in [0.25, 0.3) is 0 Å². The smallest absolute Gasteiger partial charge is 0.335 e. The van der Waals surface area contributed by atoms with Crippen LogP contribution in [0.15, 0.2) is 0 Å². The summed E-state index contributed by atoms with van der Waals surface area (Å²) in [6, 6.07) is 0. The molecule has 12 heavy (non-hydrogen) atoms. The van der Waals surface area contributed by atoms with Crippen LogP contribution in [0.3, 0.4) is 0 Å². The molecule has 1 unspecified atom stereocenters. The molecular weight excluding hydrogens is 156 g/mol. The van der Waals surface area contributed by atoms with Gasteiger partial charge < -0.3 is 9.84 Å². The fraction of sp³-hybridized carbons (Fsp3) is 0.889. The minimum absolute atomic E-state index is 0.145. The van der Waals surface area contributed by atoms with Gasteiger partial charge in [-0.2, -0.15) is 0 Å². The zero-order valence-electron chi connectivity index (χ0n) is 8.04. The lowest BCUT2D eigenvalue weighted by Gasteiger charge is -2.12. The molecule has 0 fully saturated rings. The lowest BCUT2D eigenvalue weighted by molar-refractivity contribution is -0.157. The molecule has 3 heteroatoms. The quantitative estimate of drug-likeness (QED) is 0.642. The van der Waals surface area contributed by atoms with E-state index in [4.69, 9.17) is 4.74 Å². The molecule has 0 spiro atoms. The Morgan fingerprint density at radius 1 is 1.50 bits per heavy atom. The molecule has 0 aliphatic carbocycles. The monoisotopic (exact) mass is 174 g/mol. The lowest BCUT2D eigenvalue weighted by atomic mass is 10.2. The summed E-state index contributed by atoms with van der Waals surface area (Å²) >= 11 is 0. The number of unbranched alkanes of at least 4 members (excludes halogenated alkanes) is 1. The Bertz CT molecular complexity index is 132. The number of carbonyl (C=O) groups is 1. The van der Waals surface area contributed by atoms with Crippen molar-refractivity contribution < 1.29 is 14.6 Å². The fourth-order valence-electron chi connectivity index (χ4n) is 0.826. The maximum absolute atomic E-state index is 11.0. The van der Waals surface area contributed by atoms with Gasteiger partial charge in [-0.3, -0.25) is 0 Å². The molecule has 0 bridgehead atoms. The van der Waals surface area contributed by atoms with Gasteiger partial charge in [-0.25, -0.2) is 4.79 Å². The highest BCUT2D eigenvalue weighted by atomic mass is 16.6. The Labute approximate surface area is 73.7 Å². The normalized spacial score (nSPS) is 13.1. The summed E-state index contributed by atoms with van der Waals surface area (Å²) in [6.07, 6.45) is 1.25. The van der Waals surface area contributed by atoms with E-state index in [1.165, 1.54) is 0 Å². The molecule has 0 aromatic rings. The third kappa shape index (κ3) is 5.13. The van der Waals surface area contributed by atoms with Gasteiger partial charge in [0.15, 0.2) is 6.10 Å². The number of carbonyl (C=O) groups excluding carboxylic acids is 1. The zero-order chi connectivity index (χ0) is 9.56. The molecule has 0 rings (SSSR count). The molecule has 1 atom stereocenters. The highest BCUT2D eigenvalue weighted by Crippen LogP contribution is 2.03. The van der Waals surface area contributed by atoms with Crippen LogP contribution in [0.5, 0.6) is 0 Å². The van der Waals surface area contributed by atoms with E-state index in [9.17, 15) is 9.90 Å². The van der Waals surface area contributed by atoms with Gasteiger partial charge in [0.1, 0.15) is 0 Å². The van der Waals surface area contributed by atoms with Gasteiger partial charge in [-0.05, 0) is 20.3 Å². The Morgan fingerprint density at radius 3 is 2.50 bits per heavy atom.